The number of nitrogens with one attached hydrogen (secondary N) is 1. The fourth-order valence-electron chi connectivity index (χ4n) is 3.26. The van der Waals surface area contributed by atoms with Crippen LogP contribution in [-0.2, 0) is 11.2 Å². The fraction of sp³-hybridized carbons (Fsp3) is 0.182. The van der Waals surface area contributed by atoms with Crippen LogP contribution in [0.5, 0.6) is 5.75 Å². The van der Waals surface area contributed by atoms with Crippen LogP contribution in [0.3, 0.4) is 0 Å². The number of aromatic nitrogens is 1. The van der Waals surface area contributed by atoms with Crippen molar-refractivity contribution in [2.24, 2.45) is 5.10 Å². The first-order valence-electron chi connectivity index (χ1n) is 9.38. The van der Waals surface area contributed by atoms with Gasteiger partial charge in [-0.2, -0.15) is 5.10 Å². The van der Waals surface area contributed by atoms with Gasteiger partial charge < -0.3 is 9.30 Å². The molecule has 0 aliphatic rings. The van der Waals surface area contributed by atoms with Crippen LogP contribution in [0.25, 0.3) is 5.69 Å². The Morgan fingerprint density at radius 2 is 1.94 bits per heavy atom. The Kier molecular flexibility index (Phi) is 6.71. The number of carbonyl (C=O) groups excluding carboxylic acids is 1. The third kappa shape index (κ3) is 5.10. The molecule has 0 bridgehead atoms. The van der Waals surface area contributed by atoms with E-state index in [9.17, 15) is 14.9 Å². The predicted molar refractivity (Wildman–Crippen MR) is 119 cm³/mol. The molecule has 0 aliphatic carbocycles. The van der Waals surface area contributed by atoms with Crippen LogP contribution >= 0.6 is 11.6 Å². The number of hydrogen-bond acceptors (Lipinski definition) is 5. The molecule has 1 amide bonds. The maximum Gasteiger partial charge on any atom is 0.269 e. The fourth-order valence-corrected chi connectivity index (χ4v) is 3.43. The molecule has 2 aromatic carbocycles. The minimum atomic E-state index is -0.483. The molecule has 0 saturated carbocycles. The summed E-state index contributed by atoms with van der Waals surface area (Å²) >= 11 is 6.17. The topological polar surface area (TPSA) is 98.8 Å². The van der Waals surface area contributed by atoms with Crippen LogP contribution in [0.1, 0.15) is 22.5 Å². The highest BCUT2D eigenvalue weighted by atomic mass is 35.5. The average molecular weight is 441 g/mol. The van der Waals surface area contributed by atoms with E-state index < -0.39 is 4.92 Å². The summed E-state index contributed by atoms with van der Waals surface area (Å²) in [6.07, 6.45) is 1.64. The van der Waals surface area contributed by atoms with Gasteiger partial charge in [-0.3, -0.25) is 14.9 Å². The molecule has 31 heavy (non-hydrogen) atoms. The molecular formula is C22H21ClN4O4. The van der Waals surface area contributed by atoms with Gasteiger partial charge in [0.2, 0.25) is 5.91 Å². The Balaban J connectivity index is 1.72. The van der Waals surface area contributed by atoms with Gasteiger partial charge in [-0.25, -0.2) is 5.43 Å². The van der Waals surface area contributed by atoms with Crippen LogP contribution in [0.2, 0.25) is 5.02 Å². The molecule has 3 rings (SSSR count). The zero-order valence-electron chi connectivity index (χ0n) is 17.3. The molecule has 1 heterocycles. The Labute approximate surface area is 184 Å². The van der Waals surface area contributed by atoms with Gasteiger partial charge in [0.25, 0.3) is 5.69 Å². The van der Waals surface area contributed by atoms with Gasteiger partial charge in [0, 0.05) is 34.1 Å². The van der Waals surface area contributed by atoms with Gasteiger partial charge in [-0.05, 0) is 43.7 Å². The van der Waals surface area contributed by atoms with Gasteiger partial charge in [0.05, 0.1) is 30.4 Å². The number of amides is 1. The second-order valence-electron chi connectivity index (χ2n) is 6.87. The number of non-ortho nitro benzene ring substituents is 1. The number of aryl methyl sites for hydroxylation is 1. The molecule has 3 aromatic rings. The highest BCUT2D eigenvalue weighted by Crippen LogP contribution is 2.30. The van der Waals surface area contributed by atoms with E-state index in [0.717, 1.165) is 22.6 Å². The second-order valence-corrected chi connectivity index (χ2v) is 7.31. The molecule has 0 fully saturated rings. The zero-order chi connectivity index (χ0) is 22.5. The van der Waals surface area contributed by atoms with Gasteiger partial charge in [0.15, 0.2) is 0 Å². The summed E-state index contributed by atoms with van der Waals surface area (Å²) in [5, 5.41) is 15.3. The number of nitro benzene ring substituents is 1. The van der Waals surface area contributed by atoms with Gasteiger partial charge >= 0.3 is 0 Å². The number of benzene rings is 2. The SMILES string of the molecule is COc1ccc(Cl)cc1-n1c(C)cc(/C=N\NC(=O)Cc2ccc([N+](=O)[O-])cc2)c1C. The predicted octanol–water partition coefficient (Wildman–Crippen LogP) is 4.36. The lowest BCUT2D eigenvalue weighted by atomic mass is 10.1. The molecule has 1 aromatic heterocycles. The van der Waals surface area contributed by atoms with Gasteiger partial charge in [-0.15, -0.1) is 0 Å². The van der Waals surface area contributed by atoms with Crippen LogP contribution in [0, 0.1) is 24.0 Å². The van der Waals surface area contributed by atoms with E-state index in [1.807, 2.05) is 36.6 Å². The first-order valence-corrected chi connectivity index (χ1v) is 9.76. The monoisotopic (exact) mass is 440 g/mol. The maximum absolute atomic E-state index is 12.1. The van der Waals surface area contributed by atoms with Crippen molar-refractivity contribution in [2.75, 3.05) is 7.11 Å². The summed E-state index contributed by atoms with van der Waals surface area (Å²) in [6, 6.07) is 13.2. The molecule has 0 aliphatic heterocycles. The highest BCUT2D eigenvalue weighted by Gasteiger charge is 2.14. The lowest BCUT2D eigenvalue weighted by Crippen LogP contribution is -2.19. The number of hydrogen-bond donors (Lipinski definition) is 1. The number of carbonyl (C=O) groups is 1. The molecule has 0 spiro atoms. The van der Waals surface area contributed by atoms with Gasteiger partial charge in [0.1, 0.15) is 5.75 Å². The number of nitrogens with zero attached hydrogens (tertiary/aromatic N) is 3. The van der Waals surface area contributed by atoms with E-state index in [1.54, 1.807) is 31.5 Å². The summed E-state index contributed by atoms with van der Waals surface area (Å²) in [6.45, 7) is 3.89. The van der Waals surface area contributed by atoms with Gasteiger partial charge in [-0.1, -0.05) is 23.7 Å². The lowest BCUT2D eigenvalue weighted by molar-refractivity contribution is -0.384. The Morgan fingerprint density at radius 1 is 1.23 bits per heavy atom. The van der Waals surface area contributed by atoms with Crippen LogP contribution < -0.4 is 10.2 Å². The normalized spacial score (nSPS) is 11.0. The van der Waals surface area contributed by atoms with E-state index in [4.69, 9.17) is 16.3 Å². The van der Waals surface area contributed by atoms with Crippen molar-refractivity contribution in [3.05, 3.63) is 86.2 Å². The van der Waals surface area contributed by atoms with Crippen molar-refractivity contribution in [2.45, 2.75) is 20.3 Å². The Hall–Kier alpha value is -3.65. The minimum absolute atomic E-state index is 0.0196. The number of rotatable bonds is 7. The van der Waals surface area contributed by atoms with E-state index in [0.29, 0.717) is 16.3 Å². The van der Waals surface area contributed by atoms with Crippen LogP contribution in [0.4, 0.5) is 5.69 Å². The van der Waals surface area contributed by atoms with E-state index in [2.05, 4.69) is 10.5 Å². The molecule has 0 radical (unpaired) electrons. The number of ether oxygens (including phenoxy) is 1. The molecule has 1 N–H and O–H groups in total. The van der Waals surface area contributed by atoms with Crippen LogP contribution in [0.15, 0.2) is 53.6 Å². The average Bonchev–Trinajstić information content (AvgIpc) is 3.01. The minimum Gasteiger partial charge on any atom is -0.495 e. The van der Waals surface area contributed by atoms with Crippen molar-refractivity contribution >= 4 is 29.4 Å². The van der Waals surface area contributed by atoms with E-state index >= 15 is 0 Å². The quantitative estimate of drug-likeness (QED) is 0.335. The first-order chi connectivity index (χ1) is 14.8. The maximum atomic E-state index is 12.1. The van der Waals surface area contributed by atoms with Crippen molar-refractivity contribution in [3.63, 3.8) is 0 Å². The van der Waals surface area contributed by atoms with Crippen molar-refractivity contribution in [1.29, 1.82) is 0 Å². The van der Waals surface area contributed by atoms with E-state index in [1.165, 1.54) is 12.1 Å². The standard InChI is InChI=1S/C22H21ClN4O4/c1-14-10-17(15(2)26(14)20-12-18(23)6-9-21(20)31-3)13-24-25-22(28)11-16-4-7-19(8-5-16)27(29)30/h4-10,12-13H,11H2,1-3H3,(H,25,28)/b24-13-. The number of methoxy groups -OCH3 is 1. The molecule has 9 heteroatoms. The Morgan fingerprint density at radius 3 is 2.58 bits per heavy atom. The van der Waals surface area contributed by atoms with Crippen molar-refractivity contribution < 1.29 is 14.5 Å². The zero-order valence-corrected chi connectivity index (χ0v) is 18.0. The smallest absolute Gasteiger partial charge is 0.269 e. The molecule has 0 unspecified atom stereocenters. The third-order valence-electron chi connectivity index (χ3n) is 4.76. The highest BCUT2D eigenvalue weighted by molar-refractivity contribution is 6.30. The summed E-state index contributed by atoms with van der Waals surface area (Å²) in [7, 11) is 1.60. The lowest BCUT2D eigenvalue weighted by Gasteiger charge is -2.14. The third-order valence-corrected chi connectivity index (χ3v) is 4.99. The number of nitro groups is 1. The number of hydrazone groups is 1. The summed E-state index contributed by atoms with van der Waals surface area (Å²) in [4.78, 5) is 22.3. The molecule has 160 valence electrons. The number of halogens is 1. The summed E-state index contributed by atoms with van der Waals surface area (Å²) < 4.78 is 7.46. The molecule has 0 saturated heterocycles. The van der Waals surface area contributed by atoms with E-state index in [-0.39, 0.29) is 18.0 Å². The summed E-state index contributed by atoms with van der Waals surface area (Å²) in [5.41, 5.74) is 6.63. The van der Waals surface area contributed by atoms with Crippen LogP contribution in [-0.4, -0.2) is 28.7 Å². The van der Waals surface area contributed by atoms with Crippen molar-refractivity contribution in [3.8, 4) is 11.4 Å². The molecule has 8 nitrogen and oxygen atoms in total. The van der Waals surface area contributed by atoms with Crippen molar-refractivity contribution in [1.82, 2.24) is 9.99 Å². The Bertz CT molecular complexity index is 1150. The largest absolute Gasteiger partial charge is 0.495 e. The molecular weight excluding hydrogens is 420 g/mol. The second kappa shape index (κ2) is 9.44. The molecule has 0 atom stereocenters. The first kappa shape index (κ1) is 22.0. The summed E-state index contributed by atoms with van der Waals surface area (Å²) in [5.74, 6) is 0.363.